The molecule has 132 valence electrons. The Bertz CT molecular complexity index is 1040. The van der Waals surface area contributed by atoms with E-state index in [9.17, 15) is 10.4 Å². The Morgan fingerprint density at radius 3 is 2.73 bits per heavy atom. The van der Waals surface area contributed by atoms with Crippen molar-refractivity contribution in [1.29, 1.82) is 5.26 Å². The molecule has 1 aliphatic carbocycles. The van der Waals surface area contributed by atoms with Gasteiger partial charge in [-0.15, -0.1) is 0 Å². The molecule has 1 aliphatic rings. The predicted octanol–water partition coefficient (Wildman–Crippen LogP) is 3.86. The molecule has 1 fully saturated rings. The van der Waals surface area contributed by atoms with Crippen molar-refractivity contribution in [3.05, 3.63) is 47.4 Å². The molecule has 0 amide bonds. The van der Waals surface area contributed by atoms with Crippen LogP contribution in [0.25, 0.3) is 22.0 Å². The molecule has 0 saturated heterocycles. The van der Waals surface area contributed by atoms with Crippen LogP contribution in [0, 0.1) is 25.2 Å². The van der Waals surface area contributed by atoms with E-state index in [2.05, 4.69) is 27.9 Å². The fraction of sp³-hybridized carbons (Fsp3) is 0.333. The number of benzene rings is 1. The Balaban J connectivity index is 2.01. The van der Waals surface area contributed by atoms with Crippen LogP contribution in [0.5, 0.6) is 0 Å². The molecule has 0 unspecified atom stereocenters. The van der Waals surface area contributed by atoms with Crippen molar-refractivity contribution >= 4 is 16.6 Å². The molecule has 2 atom stereocenters. The van der Waals surface area contributed by atoms with Gasteiger partial charge in [0.15, 0.2) is 0 Å². The van der Waals surface area contributed by atoms with Crippen molar-refractivity contribution in [3.8, 4) is 17.2 Å². The molecule has 1 aromatic carbocycles. The first kappa shape index (κ1) is 16.6. The van der Waals surface area contributed by atoms with E-state index in [1.54, 1.807) is 6.20 Å². The number of aromatic nitrogens is 2. The van der Waals surface area contributed by atoms with E-state index in [-0.39, 0.29) is 12.1 Å². The molecule has 2 heterocycles. The molecule has 0 aliphatic heterocycles. The van der Waals surface area contributed by atoms with E-state index in [0.29, 0.717) is 11.3 Å². The monoisotopic (exact) mass is 346 g/mol. The van der Waals surface area contributed by atoms with Crippen LogP contribution in [0.2, 0.25) is 0 Å². The lowest BCUT2D eigenvalue weighted by Gasteiger charge is -2.14. The van der Waals surface area contributed by atoms with Crippen LogP contribution in [0.4, 0.5) is 5.69 Å². The quantitative estimate of drug-likeness (QED) is 0.737. The summed E-state index contributed by atoms with van der Waals surface area (Å²) in [7, 11) is 0. The summed E-state index contributed by atoms with van der Waals surface area (Å²) in [6, 6.07) is 6.60. The number of hydrogen-bond donors (Lipinski definition) is 2. The van der Waals surface area contributed by atoms with Gasteiger partial charge in [0.2, 0.25) is 0 Å². The maximum absolute atomic E-state index is 9.99. The SMILES string of the molecule is Cc1cc2c(cc1C#N)c(-c1cncc(N)c1C)cn2[C@@H]1CC[C@@H](O)C1. The number of rotatable bonds is 2. The number of nitrogens with zero attached hydrogens (tertiary/aromatic N) is 3. The first-order valence-corrected chi connectivity index (χ1v) is 8.93. The van der Waals surface area contributed by atoms with Gasteiger partial charge in [-0.1, -0.05) is 0 Å². The fourth-order valence-corrected chi connectivity index (χ4v) is 4.04. The Hall–Kier alpha value is -2.84. The van der Waals surface area contributed by atoms with Crippen molar-refractivity contribution in [2.45, 2.75) is 45.3 Å². The van der Waals surface area contributed by atoms with Gasteiger partial charge in [-0.05, 0) is 56.4 Å². The number of nitrogen functional groups attached to an aromatic ring is 1. The van der Waals surface area contributed by atoms with Crippen LogP contribution in [0.1, 0.15) is 42.0 Å². The van der Waals surface area contributed by atoms with Gasteiger partial charge in [0, 0.05) is 40.5 Å². The van der Waals surface area contributed by atoms with Crippen LogP contribution < -0.4 is 5.73 Å². The van der Waals surface area contributed by atoms with Crippen LogP contribution in [0.3, 0.4) is 0 Å². The number of hydrogen-bond acceptors (Lipinski definition) is 4. The summed E-state index contributed by atoms with van der Waals surface area (Å²) >= 11 is 0. The summed E-state index contributed by atoms with van der Waals surface area (Å²) in [5.74, 6) is 0. The minimum absolute atomic E-state index is 0.240. The van der Waals surface area contributed by atoms with Gasteiger partial charge in [-0.3, -0.25) is 4.98 Å². The van der Waals surface area contributed by atoms with E-state index in [4.69, 9.17) is 5.73 Å². The molecule has 3 aromatic rings. The Morgan fingerprint density at radius 2 is 2.04 bits per heavy atom. The van der Waals surface area contributed by atoms with Gasteiger partial charge in [0.05, 0.1) is 29.6 Å². The summed E-state index contributed by atoms with van der Waals surface area (Å²) in [4.78, 5) is 4.27. The minimum Gasteiger partial charge on any atom is -0.397 e. The summed E-state index contributed by atoms with van der Waals surface area (Å²) in [6.45, 7) is 3.96. The Labute approximate surface area is 152 Å². The number of aliphatic hydroxyl groups excluding tert-OH is 1. The normalized spacial score (nSPS) is 19.8. The molecule has 0 bridgehead atoms. The second-order valence-corrected chi connectivity index (χ2v) is 7.27. The molecule has 5 nitrogen and oxygen atoms in total. The third-order valence-electron chi connectivity index (χ3n) is 5.61. The zero-order valence-corrected chi connectivity index (χ0v) is 15.0. The smallest absolute Gasteiger partial charge is 0.0994 e. The van der Waals surface area contributed by atoms with E-state index in [1.807, 2.05) is 26.1 Å². The van der Waals surface area contributed by atoms with Crippen molar-refractivity contribution in [1.82, 2.24) is 9.55 Å². The molecule has 0 spiro atoms. The number of aryl methyl sites for hydroxylation is 1. The number of pyridine rings is 1. The van der Waals surface area contributed by atoms with Crippen LogP contribution in [-0.2, 0) is 0 Å². The first-order chi connectivity index (χ1) is 12.5. The highest BCUT2D eigenvalue weighted by atomic mass is 16.3. The first-order valence-electron chi connectivity index (χ1n) is 8.93. The van der Waals surface area contributed by atoms with Gasteiger partial charge in [0.25, 0.3) is 0 Å². The third kappa shape index (κ3) is 2.54. The maximum Gasteiger partial charge on any atom is 0.0994 e. The molecule has 2 aromatic heterocycles. The Morgan fingerprint density at radius 1 is 1.23 bits per heavy atom. The average Bonchev–Trinajstić information content (AvgIpc) is 3.20. The number of aliphatic hydroxyl groups is 1. The second-order valence-electron chi connectivity index (χ2n) is 7.27. The molecular weight excluding hydrogens is 324 g/mol. The van der Waals surface area contributed by atoms with Crippen LogP contribution in [0.15, 0.2) is 30.7 Å². The van der Waals surface area contributed by atoms with Crippen molar-refractivity contribution < 1.29 is 5.11 Å². The highest BCUT2D eigenvalue weighted by molar-refractivity contribution is 5.98. The van der Waals surface area contributed by atoms with Gasteiger partial charge >= 0.3 is 0 Å². The minimum atomic E-state index is -0.240. The molecule has 26 heavy (non-hydrogen) atoms. The molecule has 4 rings (SSSR count). The maximum atomic E-state index is 9.99. The number of fused-ring (bicyclic) bond motifs is 1. The van der Waals surface area contributed by atoms with Gasteiger partial charge in [0.1, 0.15) is 0 Å². The van der Waals surface area contributed by atoms with E-state index < -0.39 is 0 Å². The fourth-order valence-electron chi connectivity index (χ4n) is 4.04. The number of nitriles is 1. The lowest BCUT2D eigenvalue weighted by molar-refractivity contribution is 0.178. The van der Waals surface area contributed by atoms with Gasteiger partial charge in [-0.25, -0.2) is 0 Å². The van der Waals surface area contributed by atoms with E-state index >= 15 is 0 Å². The van der Waals surface area contributed by atoms with Crippen molar-refractivity contribution in [2.24, 2.45) is 0 Å². The third-order valence-corrected chi connectivity index (χ3v) is 5.61. The summed E-state index contributed by atoms with van der Waals surface area (Å²) in [5.41, 5.74) is 12.5. The summed E-state index contributed by atoms with van der Waals surface area (Å²) in [6.07, 6.45) is 7.94. The van der Waals surface area contributed by atoms with Crippen LogP contribution in [-0.4, -0.2) is 20.8 Å². The van der Waals surface area contributed by atoms with Crippen molar-refractivity contribution in [2.75, 3.05) is 5.73 Å². The molecule has 0 radical (unpaired) electrons. The average molecular weight is 346 g/mol. The van der Waals surface area contributed by atoms with E-state index in [1.165, 1.54) is 0 Å². The highest BCUT2D eigenvalue weighted by Crippen LogP contribution is 2.40. The lowest BCUT2D eigenvalue weighted by atomic mass is 9.99. The number of nitrogens with two attached hydrogens (primary N) is 1. The second kappa shape index (κ2) is 6.15. The molecule has 5 heteroatoms. The van der Waals surface area contributed by atoms with Gasteiger partial charge in [-0.2, -0.15) is 5.26 Å². The topological polar surface area (TPSA) is 87.9 Å². The van der Waals surface area contributed by atoms with Crippen LogP contribution >= 0.6 is 0 Å². The summed E-state index contributed by atoms with van der Waals surface area (Å²) in [5, 5.41) is 20.5. The zero-order chi connectivity index (χ0) is 18.4. The van der Waals surface area contributed by atoms with Crippen molar-refractivity contribution in [3.63, 3.8) is 0 Å². The zero-order valence-electron chi connectivity index (χ0n) is 15.0. The van der Waals surface area contributed by atoms with E-state index in [0.717, 1.165) is 52.4 Å². The summed E-state index contributed by atoms with van der Waals surface area (Å²) < 4.78 is 2.26. The largest absolute Gasteiger partial charge is 0.397 e. The molecular formula is C21H22N4O. The van der Waals surface area contributed by atoms with Gasteiger partial charge < -0.3 is 15.4 Å². The molecule has 1 saturated carbocycles. The lowest BCUT2D eigenvalue weighted by Crippen LogP contribution is -2.06. The number of anilines is 1. The highest BCUT2D eigenvalue weighted by Gasteiger charge is 2.26. The Kier molecular flexibility index (Phi) is 3.93. The predicted molar refractivity (Wildman–Crippen MR) is 103 cm³/mol. The molecule has 3 N–H and O–H groups in total. The standard InChI is InChI=1S/C21H22N4O/c1-12-5-21-17(6-14(12)8-22)19(18-9-24-10-20(23)13(18)2)11-25(21)15-3-4-16(26)7-15/h5-6,9-11,15-16,26H,3-4,7,23H2,1-2H3/t15-,16-/m1/s1.